The maximum Gasteiger partial charge on any atom is 0.238 e. The van der Waals surface area contributed by atoms with Gasteiger partial charge in [0.05, 0.1) is 17.5 Å². The summed E-state index contributed by atoms with van der Waals surface area (Å²) in [6, 6.07) is 7.49. The van der Waals surface area contributed by atoms with E-state index >= 15 is 0 Å². The SMILES string of the molecule is Cc1cc(NC(=O)C(C)SCC(=O)NCCOc2cccc3c2OC(C)(C)C3)no1. The molecule has 0 aliphatic carbocycles. The number of benzene rings is 1. The van der Waals surface area contributed by atoms with Crippen LogP contribution >= 0.6 is 11.8 Å². The second kappa shape index (κ2) is 9.42. The van der Waals surface area contributed by atoms with E-state index in [0.29, 0.717) is 30.5 Å². The third kappa shape index (κ3) is 5.91. The van der Waals surface area contributed by atoms with E-state index in [9.17, 15) is 9.59 Å². The van der Waals surface area contributed by atoms with Crippen molar-refractivity contribution in [2.45, 2.75) is 45.0 Å². The summed E-state index contributed by atoms with van der Waals surface area (Å²) >= 11 is 1.25. The standard InChI is InChI=1S/C21H27N3O5S/c1-13-10-17(24-29-13)23-20(26)14(2)30-12-18(25)22-8-9-27-16-7-5-6-15-11-21(3,4)28-19(15)16/h5-7,10,14H,8-9,11-12H2,1-4H3,(H,22,25)(H,23,24,26). The lowest BCUT2D eigenvalue weighted by atomic mass is 10.0. The number of carbonyl (C=O) groups excluding carboxylic acids is 2. The molecule has 9 heteroatoms. The first-order valence-electron chi connectivity index (χ1n) is 9.80. The van der Waals surface area contributed by atoms with Crippen LogP contribution in [0, 0.1) is 6.92 Å². The number of thioether (sulfide) groups is 1. The minimum absolute atomic E-state index is 0.156. The molecule has 1 aromatic carbocycles. The van der Waals surface area contributed by atoms with E-state index in [1.165, 1.54) is 11.8 Å². The topological polar surface area (TPSA) is 103 Å². The normalized spacial score (nSPS) is 15.1. The zero-order chi connectivity index (χ0) is 21.7. The smallest absolute Gasteiger partial charge is 0.238 e. The molecule has 3 rings (SSSR count). The molecule has 1 aliphatic rings. The molecule has 1 unspecified atom stereocenters. The number of aromatic nitrogens is 1. The first-order valence-corrected chi connectivity index (χ1v) is 10.8. The number of anilines is 1. The highest BCUT2D eigenvalue weighted by atomic mass is 32.2. The lowest BCUT2D eigenvalue weighted by Crippen LogP contribution is -2.31. The zero-order valence-corrected chi connectivity index (χ0v) is 18.4. The molecule has 2 amide bonds. The number of hydrogen-bond acceptors (Lipinski definition) is 7. The molecule has 0 radical (unpaired) electrons. The Balaban J connectivity index is 1.35. The van der Waals surface area contributed by atoms with E-state index in [2.05, 4.69) is 15.8 Å². The highest BCUT2D eigenvalue weighted by Gasteiger charge is 2.32. The average molecular weight is 434 g/mol. The highest BCUT2D eigenvalue weighted by molar-refractivity contribution is 8.01. The summed E-state index contributed by atoms with van der Waals surface area (Å²) in [6.45, 7) is 8.27. The van der Waals surface area contributed by atoms with Crippen LogP contribution in [0.15, 0.2) is 28.8 Å². The van der Waals surface area contributed by atoms with Crippen molar-refractivity contribution in [3.63, 3.8) is 0 Å². The highest BCUT2D eigenvalue weighted by Crippen LogP contribution is 2.41. The van der Waals surface area contributed by atoms with Gasteiger partial charge in [-0.25, -0.2) is 0 Å². The van der Waals surface area contributed by atoms with Crippen LogP contribution in [0.5, 0.6) is 11.5 Å². The number of para-hydroxylation sites is 1. The third-order valence-electron chi connectivity index (χ3n) is 4.45. The minimum atomic E-state index is -0.406. The van der Waals surface area contributed by atoms with Gasteiger partial charge in [0.2, 0.25) is 11.8 Å². The number of amides is 2. The fraction of sp³-hybridized carbons (Fsp3) is 0.476. The lowest BCUT2D eigenvalue weighted by molar-refractivity contribution is -0.118. The second-order valence-corrected chi connectivity index (χ2v) is 9.08. The van der Waals surface area contributed by atoms with Crippen LogP contribution < -0.4 is 20.1 Å². The third-order valence-corrected chi connectivity index (χ3v) is 5.59. The summed E-state index contributed by atoms with van der Waals surface area (Å²) in [4.78, 5) is 24.2. The van der Waals surface area contributed by atoms with Crippen LogP contribution in [0.2, 0.25) is 0 Å². The number of rotatable bonds is 9. The predicted molar refractivity (Wildman–Crippen MR) is 115 cm³/mol. The van der Waals surface area contributed by atoms with Gasteiger partial charge in [0, 0.05) is 18.1 Å². The molecule has 2 N–H and O–H groups in total. The largest absolute Gasteiger partial charge is 0.488 e. The molecule has 0 saturated heterocycles. The summed E-state index contributed by atoms with van der Waals surface area (Å²) in [6.07, 6.45) is 0.843. The fourth-order valence-electron chi connectivity index (χ4n) is 3.03. The van der Waals surface area contributed by atoms with Gasteiger partial charge in [-0.05, 0) is 33.8 Å². The molecular weight excluding hydrogens is 406 g/mol. The van der Waals surface area contributed by atoms with Crippen molar-refractivity contribution in [1.82, 2.24) is 10.5 Å². The van der Waals surface area contributed by atoms with E-state index in [4.69, 9.17) is 14.0 Å². The monoisotopic (exact) mass is 433 g/mol. The predicted octanol–water partition coefficient (Wildman–Crippen LogP) is 2.95. The molecule has 8 nitrogen and oxygen atoms in total. The Bertz CT molecular complexity index is 912. The average Bonchev–Trinajstić information content (AvgIpc) is 3.24. The molecule has 2 aromatic rings. The van der Waals surface area contributed by atoms with Gasteiger partial charge >= 0.3 is 0 Å². The Morgan fingerprint density at radius 2 is 2.17 bits per heavy atom. The number of nitrogens with one attached hydrogen (secondary N) is 2. The van der Waals surface area contributed by atoms with E-state index in [0.717, 1.165) is 17.7 Å². The quantitative estimate of drug-likeness (QED) is 0.586. The molecule has 30 heavy (non-hydrogen) atoms. The van der Waals surface area contributed by atoms with Crippen molar-refractivity contribution in [2.24, 2.45) is 0 Å². The Morgan fingerprint density at radius 1 is 1.37 bits per heavy atom. The first kappa shape index (κ1) is 22.0. The van der Waals surface area contributed by atoms with Gasteiger partial charge in [-0.2, -0.15) is 0 Å². The summed E-state index contributed by atoms with van der Waals surface area (Å²) in [5, 5.41) is 8.77. The maximum atomic E-state index is 12.1. The molecule has 1 atom stereocenters. The van der Waals surface area contributed by atoms with Gasteiger partial charge in [0.15, 0.2) is 17.3 Å². The van der Waals surface area contributed by atoms with Crippen LogP contribution in [-0.4, -0.2) is 46.7 Å². The number of carbonyl (C=O) groups is 2. The number of nitrogens with zero attached hydrogens (tertiary/aromatic N) is 1. The first-order chi connectivity index (χ1) is 14.2. The van der Waals surface area contributed by atoms with Crippen LogP contribution in [-0.2, 0) is 16.0 Å². The van der Waals surface area contributed by atoms with Crippen LogP contribution in [0.25, 0.3) is 0 Å². The van der Waals surface area contributed by atoms with Gasteiger partial charge in [0.25, 0.3) is 0 Å². The number of aryl methyl sites for hydroxylation is 1. The molecule has 0 spiro atoms. The number of hydrogen-bond donors (Lipinski definition) is 2. The zero-order valence-electron chi connectivity index (χ0n) is 17.6. The molecule has 0 saturated carbocycles. The van der Waals surface area contributed by atoms with Gasteiger partial charge in [-0.1, -0.05) is 17.3 Å². The van der Waals surface area contributed by atoms with Crippen molar-refractivity contribution < 1.29 is 23.6 Å². The van der Waals surface area contributed by atoms with E-state index in [1.54, 1.807) is 19.9 Å². The Labute approximate surface area is 180 Å². The second-order valence-electron chi connectivity index (χ2n) is 7.75. The molecule has 1 aromatic heterocycles. The Kier molecular flexibility index (Phi) is 6.91. The Morgan fingerprint density at radius 3 is 2.90 bits per heavy atom. The Hall–Kier alpha value is -2.68. The number of ether oxygens (including phenoxy) is 2. The lowest BCUT2D eigenvalue weighted by Gasteiger charge is -2.18. The van der Waals surface area contributed by atoms with Crippen molar-refractivity contribution >= 4 is 29.4 Å². The van der Waals surface area contributed by atoms with Crippen molar-refractivity contribution in [3.05, 3.63) is 35.6 Å². The van der Waals surface area contributed by atoms with Crippen LogP contribution in [0.3, 0.4) is 0 Å². The van der Waals surface area contributed by atoms with Gasteiger partial charge in [-0.15, -0.1) is 11.8 Å². The minimum Gasteiger partial charge on any atom is -0.488 e. The molecule has 0 fully saturated rings. The molecular formula is C21H27N3O5S. The van der Waals surface area contributed by atoms with E-state index < -0.39 is 5.25 Å². The summed E-state index contributed by atoms with van der Waals surface area (Å²) in [5.41, 5.74) is 0.897. The number of fused-ring (bicyclic) bond motifs is 1. The van der Waals surface area contributed by atoms with Crippen LogP contribution in [0.4, 0.5) is 5.82 Å². The van der Waals surface area contributed by atoms with Gasteiger partial charge in [-0.3, -0.25) is 9.59 Å². The van der Waals surface area contributed by atoms with Gasteiger partial charge < -0.3 is 24.6 Å². The van der Waals surface area contributed by atoms with Crippen molar-refractivity contribution in [1.29, 1.82) is 0 Å². The molecule has 0 bridgehead atoms. The van der Waals surface area contributed by atoms with Crippen molar-refractivity contribution in [2.75, 3.05) is 24.2 Å². The molecule has 1 aliphatic heterocycles. The maximum absolute atomic E-state index is 12.1. The van der Waals surface area contributed by atoms with Gasteiger partial charge in [0.1, 0.15) is 18.0 Å². The fourth-order valence-corrected chi connectivity index (χ4v) is 3.75. The van der Waals surface area contributed by atoms with Crippen molar-refractivity contribution in [3.8, 4) is 11.5 Å². The summed E-state index contributed by atoms with van der Waals surface area (Å²) in [5.74, 6) is 2.24. The van der Waals surface area contributed by atoms with Crippen LogP contribution in [0.1, 0.15) is 32.1 Å². The summed E-state index contributed by atoms with van der Waals surface area (Å²) < 4.78 is 16.7. The van der Waals surface area contributed by atoms with E-state index in [1.807, 2.05) is 32.0 Å². The molecule has 162 valence electrons. The molecule has 2 heterocycles. The van der Waals surface area contributed by atoms with E-state index in [-0.39, 0.29) is 23.2 Å². The summed E-state index contributed by atoms with van der Waals surface area (Å²) in [7, 11) is 0.